The van der Waals surface area contributed by atoms with Gasteiger partial charge < -0.3 is 10.1 Å². The molecule has 1 amide bonds. The summed E-state index contributed by atoms with van der Waals surface area (Å²) in [5, 5.41) is 2.54. The number of thiophene rings is 1. The van der Waals surface area contributed by atoms with Crippen LogP contribution in [0.5, 0.6) is 0 Å². The van der Waals surface area contributed by atoms with E-state index in [1.807, 2.05) is 30.3 Å². The zero-order valence-corrected chi connectivity index (χ0v) is 16.1. The molecule has 4 nitrogen and oxygen atoms in total. The Labute approximate surface area is 168 Å². The molecule has 8 heteroatoms. The molecule has 0 spiro atoms. The topological polar surface area (TPSA) is 55.4 Å². The summed E-state index contributed by atoms with van der Waals surface area (Å²) in [6.45, 7) is 1.81. The highest BCUT2D eigenvalue weighted by atomic mass is 32.1. The molecule has 0 aliphatic heterocycles. The van der Waals surface area contributed by atoms with E-state index >= 15 is 0 Å². The number of nitrogens with one attached hydrogen (secondary N) is 1. The SMILES string of the molecule is CCOC(=O)c1sc(-c2ccccc2)cc1NC(=O)c1cccc(C(F)(F)F)c1. The van der Waals surface area contributed by atoms with E-state index in [0.29, 0.717) is 4.88 Å². The second-order valence-corrected chi connectivity index (χ2v) is 7.02. The van der Waals surface area contributed by atoms with Crippen molar-refractivity contribution in [3.63, 3.8) is 0 Å². The maximum atomic E-state index is 12.9. The standard InChI is InChI=1S/C21H16F3NO3S/c1-2-28-20(27)18-16(12-17(29-18)13-7-4-3-5-8-13)25-19(26)14-9-6-10-15(11-14)21(22,23)24/h3-12H,2H2,1H3,(H,25,26). The second kappa shape index (κ2) is 8.48. The minimum absolute atomic E-state index is 0.151. The Balaban J connectivity index is 1.94. The molecule has 0 fully saturated rings. The van der Waals surface area contributed by atoms with Gasteiger partial charge in [0.25, 0.3) is 5.91 Å². The Kier molecular flexibility index (Phi) is 6.03. The van der Waals surface area contributed by atoms with Crippen LogP contribution >= 0.6 is 11.3 Å². The molecule has 3 rings (SSSR count). The fourth-order valence-corrected chi connectivity index (χ4v) is 3.62. The lowest BCUT2D eigenvalue weighted by Crippen LogP contribution is -2.15. The monoisotopic (exact) mass is 419 g/mol. The normalized spacial score (nSPS) is 11.2. The molecule has 1 aromatic heterocycles. The van der Waals surface area contributed by atoms with Crippen molar-refractivity contribution in [2.45, 2.75) is 13.1 Å². The van der Waals surface area contributed by atoms with Crippen molar-refractivity contribution in [3.05, 3.63) is 76.7 Å². The van der Waals surface area contributed by atoms with Gasteiger partial charge in [-0.3, -0.25) is 4.79 Å². The van der Waals surface area contributed by atoms with Gasteiger partial charge in [-0.05, 0) is 36.8 Å². The highest BCUT2D eigenvalue weighted by Gasteiger charge is 2.31. The van der Waals surface area contributed by atoms with Crippen molar-refractivity contribution in [1.29, 1.82) is 0 Å². The Bertz CT molecular complexity index is 1030. The predicted octanol–water partition coefficient (Wildman–Crippen LogP) is 5.86. The summed E-state index contributed by atoms with van der Waals surface area (Å²) in [4.78, 5) is 25.7. The first-order valence-electron chi connectivity index (χ1n) is 8.64. The van der Waals surface area contributed by atoms with Crippen molar-refractivity contribution in [3.8, 4) is 10.4 Å². The van der Waals surface area contributed by atoms with Crippen LogP contribution in [0, 0.1) is 0 Å². The molecule has 1 N–H and O–H groups in total. The number of anilines is 1. The van der Waals surface area contributed by atoms with Gasteiger partial charge in [0.1, 0.15) is 4.88 Å². The van der Waals surface area contributed by atoms with Crippen molar-refractivity contribution in [2.24, 2.45) is 0 Å². The van der Waals surface area contributed by atoms with E-state index in [4.69, 9.17) is 4.74 Å². The van der Waals surface area contributed by atoms with E-state index in [0.717, 1.165) is 35.1 Å². The molecule has 150 valence electrons. The summed E-state index contributed by atoms with van der Waals surface area (Å²) >= 11 is 1.14. The van der Waals surface area contributed by atoms with Gasteiger partial charge in [0.2, 0.25) is 0 Å². The van der Waals surface area contributed by atoms with E-state index in [9.17, 15) is 22.8 Å². The van der Waals surface area contributed by atoms with Gasteiger partial charge in [0.05, 0.1) is 17.9 Å². The number of alkyl halides is 3. The van der Waals surface area contributed by atoms with Gasteiger partial charge in [-0.2, -0.15) is 13.2 Å². The molecule has 0 bridgehead atoms. The minimum atomic E-state index is -4.56. The highest BCUT2D eigenvalue weighted by molar-refractivity contribution is 7.18. The zero-order valence-electron chi connectivity index (χ0n) is 15.2. The van der Waals surface area contributed by atoms with Crippen molar-refractivity contribution < 1.29 is 27.5 Å². The van der Waals surface area contributed by atoms with Crippen molar-refractivity contribution in [1.82, 2.24) is 0 Å². The van der Waals surface area contributed by atoms with Crippen LogP contribution in [0.4, 0.5) is 18.9 Å². The third-order valence-electron chi connectivity index (χ3n) is 3.95. The smallest absolute Gasteiger partial charge is 0.416 e. The van der Waals surface area contributed by atoms with Crippen molar-refractivity contribution in [2.75, 3.05) is 11.9 Å². The summed E-state index contributed by atoms with van der Waals surface area (Å²) in [6, 6.07) is 14.9. The summed E-state index contributed by atoms with van der Waals surface area (Å²) in [6.07, 6.45) is -4.56. The molecule has 0 radical (unpaired) electrons. The average molecular weight is 419 g/mol. The molecule has 3 aromatic rings. The Morgan fingerprint density at radius 3 is 2.41 bits per heavy atom. The first-order chi connectivity index (χ1) is 13.8. The van der Waals surface area contributed by atoms with Crippen LogP contribution in [0.2, 0.25) is 0 Å². The number of hydrogen-bond acceptors (Lipinski definition) is 4. The first kappa shape index (κ1) is 20.6. The molecule has 0 aliphatic carbocycles. The van der Waals surface area contributed by atoms with Crippen LogP contribution in [-0.2, 0) is 10.9 Å². The zero-order chi connectivity index (χ0) is 21.0. The number of halogens is 3. The summed E-state index contributed by atoms with van der Waals surface area (Å²) in [5.41, 5.74) is -0.0644. The van der Waals surface area contributed by atoms with E-state index in [1.165, 1.54) is 6.07 Å². The van der Waals surface area contributed by atoms with Gasteiger partial charge in [0, 0.05) is 10.4 Å². The molecule has 0 aliphatic rings. The van der Waals surface area contributed by atoms with Crippen LogP contribution in [-0.4, -0.2) is 18.5 Å². The van der Waals surface area contributed by atoms with Crippen LogP contribution in [0.3, 0.4) is 0 Å². The number of amides is 1. The first-order valence-corrected chi connectivity index (χ1v) is 9.46. The number of ether oxygens (including phenoxy) is 1. The van der Waals surface area contributed by atoms with Gasteiger partial charge in [-0.25, -0.2) is 4.79 Å². The van der Waals surface area contributed by atoms with E-state index < -0.39 is 23.6 Å². The number of esters is 1. The van der Waals surface area contributed by atoms with Gasteiger partial charge in [0.15, 0.2) is 0 Å². The van der Waals surface area contributed by atoms with Crippen LogP contribution in [0.25, 0.3) is 10.4 Å². The van der Waals surface area contributed by atoms with Gasteiger partial charge >= 0.3 is 12.1 Å². The Morgan fingerprint density at radius 2 is 1.76 bits per heavy atom. The second-order valence-electron chi connectivity index (χ2n) is 5.97. The number of carbonyl (C=O) groups excluding carboxylic acids is 2. The predicted molar refractivity (Wildman–Crippen MR) is 105 cm³/mol. The van der Waals surface area contributed by atoms with Crippen LogP contribution in [0.1, 0.15) is 32.5 Å². The minimum Gasteiger partial charge on any atom is -0.462 e. The number of rotatable bonds is 5. The molecular weight excluding hydrogens is 403 g/mol. The lowest BCUT2D eigenvalue weighted by atomic mass is 10.1. The third kappa shape index (κ3) is 4.83. The highest BCUT2D eigenvalue weighted by Crippen LogP contribution is 2.36. The van der Waals surface area contributed by atoms with Crippen LogP contribution in [0.15, 0.2) is 60.7 Å². The van der Waals surface area contributed by atoms with E-state index in [-0.39, 0.29) is 22.7 Å². The molecule has 0 saturated carbocycles. The van der Waals surface area contributed by atoms with E-state index in [2.05, 4.69) is 5.32 Å². The third-order valence-corrected chi connectivity index (χ3v) is 5.12. The molecular formula is C21H16F3NO3S. The summed E-state index contributed by atoms with van der Waals surface area (Å²) in [5.74, 6) is -1.36. The Morgan fingerprint density at radius 1 is 1.03 bits per heavy atom. The fourth-order valence-electron chi connectivity index (χ4n) is 2.61. The largest absolute Gasteiger partial charge is 0.462 e. The average Bonchev–Trinajstić information content (AvgIpc) is 3.12. The Hall–Kier alpha value is -3.13. The molecule has 29 heavy (non-hydrogen) atoms. The number of benzene rings is 2. The van der Waals surface area contributed by atoms with Crippen molar-refractivity contribution >= 4 is 28.9 Å². The molecule has 0 saturated heterocycles. The maximum Gasteiger partial charge on any atom is 0.416 e. The molecule has 1 heterocycles. The van der Waals surface area contributed by atoms with Crippen LogP contribution < -0.4 is 5.32 Å². The lowest BCUT2D eigenvalue weighted by Gasteiger charge is -2.09. The van der Waals surface area contributed by atoms with E-state index in [1.54, 1.807) is 13.0 Å². The lowest BCUT2D eigenvalue weighted by molar-refractivity contribution is -0.137. The molecule has 0 unspecified atom stereocenters. The molecule has 2 aromatic carbocycles. The van der Waals surface area contributed by atoms with Gasteiger partial charge in [-0.1, -0.05) is 36.4 Å². The maximum absolute atomic E-state index is 12.9. The number of carbonyl (C=O) groups is 2. The number of hydrogen-bond donors (Lipinski definition) is 1. The van der Waals surface area contributed by atoms with Gasteiger partial charge in [-0.15, -0.1) is 11.3 Å². The summed E-state index contributed by atoms with van der Waals surface area (Å²) in [7, 11) is 0. The summed E-state index contributed by atoms with van der Waals surface area (Å²) < 4.78 is 43.8. The fraction of sp³-hybridized carbons (Fsp3) is 0.143. The quantitative estimate of drug-likeness (QED) is 0.527. The molecule has 0 atom stereocenters.